The average Bonchev–Trinajstić information content (AvgIpc) is 2.61. The summed E-state index contributed by atoms with van der Waals surface area (Å²) in [5.74, 6) is 0.618. The molecule has 3 rings (SSSR count). The monoisotopic (exact) mass is 264 g/mol. The molecule has 2 heterocycles. The third-order valence-electron chi connectivity index (χ3n) is 3.23. The highest BCUT2D eigenvalue weighted by molar-refractivity contribution is 8.16. The Morgan fingerprint density at radius 2 is 2.40 bits per heavy atom. The van der Waals surface area contributed by atoms with Crippen LogP contribution in [0.2, 0.25) is 0 Å². The van der Waals surface area contributed by atoms with E-state index in [0.29, 0.717) is 18.0 Å². The van der Waals surface area contributed by atoms with Crippen molar-refractivity contribution in [2.75, 3.05) is 5.88 Å². The van der Waals surface area contributed by atoms with Gasteiger partial charge in [0.15, 0.2) is 5.17 Å². The second-order valence-corrected chi connectivity index (χ2v) is 5.22. The van der Waals surface area contributed by atoms with Crippen molar-refractivity contribution in [3.8, 4) is 0 Å². The van der Waals surface area contributed by atoms with Crippen LogP contribution in [0.3, 0.4) is 0 Å². The van der Waals surface area contributed by atoms with Gasteiger partial charge in [-0.3, -0.25) is 4.99 Å². The topological polar surface area (TPSA) is 15.6 Å². The Bertz CT molecular complexity index is 317. The van der Waals surface area contributed by atoms with Crippen molar-refractivity contribution in [1.82, 2.24) is 4.90 Å². The lowest BCUT2D eigenvalue weighted by Crippen LogP contribution is -2.44. The average molecular weight is 265 g/mol. The molecule has 0 spiro atoms. The van der Waals surface area contributed by atoms with E-state index in [9.17, 15) is 0 Å². The van der Waals surface area contributed by atoms with E-state index in [4.69, 9.17) is 16.6 Å². The van der Waals surface area contributed by atoms with Crippen molar-refractivity contribution in [1.29, 1.82) is 0 Å². The van der Waals surface area contributed by atoms with Crippen LogP contribution in [0.25, 0.3) is 0 Å². The molecule has 5 heteroatoms. The summed E-state index contributed by atoms with van der Waals surface area (Å²) >= 11 is 7.67. The first-order valence-electron chi connectivity index (χ1n) is 5.17. The van der Waals surface area contributed by atoms with Crippen LogP contribution >= 0.6 is 35.8 Å². The molecule has 0 aromatic rings. The van der Waals surface area contributed by atoms with Crippen molar-refractivity contribution < 1.29 is 0 Å². The highest BCUT2D eigenvalue weighted by Gasteiger charge is 2.37. The highest BCUT2D eigenvalue weighted by Crippen LogP contribution is 2.39. The third kappa shape index (κ3) is 1.90. The van der Waals surface area contributed by atoms with Gasteiger partial charge < -0.3 is 4.90 Å². The van der Waals surface area contributed by atoms with Crippen LogP contribution in [0.1, 0.15) is 25.7 Å². The Hall–Kier alpha value is 0.140. The Balaban J connectivity index is 0.000000853. The van der Waals surface area contributed by atoms with Gasteiger partial charge in [0.05, 0.1) is 11.9 Å². The first-order valence-corrected chi connectivity index (χ1v) is 6.58. The number of hydrogen-bond acceptors (Lipinski definition) is 3. The summed E-state index contributed by atoms with van der Waals surface area (Å²) in [5, 5.41) is 3.36. The van der Waals surface area contributed by atoms with Crippen molar-refractivity contribution in [3.63, 3.8) is 0 Å². The number of hydrogen-bond donors (Lipinski definition) is 0. The van der Waals surface area contributed by atoms with Gasteiger partial charge in [-0.25, -0.2) is 0 Å². The zero-order valence-corrected chi connectivity index (χ0v) is 10.7. The predicted molar refractivity (Wildman–Crippen MR) is 69.0 cm³/mol. The lowest BCUT2D eigenvalue weighted by molar-refractivity contribution is 0.248. The first-order chi connectivity index (χ1) is 6.88. The van der Waals surface area contributed by atoms with Gasteiger partial charge in [-0.15, -0.1) is 24.0 Å². The molecule has 0 N–H and O–H groups in total. The van der Waals surface area contributed by atoms with E-state index in [1.165, 1.54) is 36.5 Å². The van der Waals surface area contributed by atoms with Gasteiger partial charge in [-0.1, -0.05) is 11.8 Å². The number of thioether (sulfide) groups is 1. The number of fused-ring (bicyclic) bond motifs is 4. The van der Waals surface area contributed by atoms with Crippen molar-refractivity contribution in [2.45, 2.75) is 37.8 Å². The fourth-order valence-electron chi connectivity index (χ4n) is 2.58. The molecule has 2 aliphatic heterocycles. The smallest absolute Gasteiger partial charge is 0.168 e. The molecular formula is C10H14Cl2N2S. The van der Waals surface area contributed by atoms with Crippen molar-refractivity contribution in [3.05, 3.63) is 11.1 Å². The summed E-state index contributed by atoms with van der Waals surface area (Å²) < 4.78 is 0. The molecule has 84 valence electrons. The van der Waals surface area contributed by atoms with Gasteiger partial charge in [0.25, 0.3) is 0 Å². The standard InChI is InChI=1S/C10H13ClN2S.ClH/c11-5-9-6-14-10-12-7-2-1-3-8(4-7)13(9)10;/h6-8H,1-5H2;1H/t7-,8+;/m1./s1. The molecule has 1 aliphatic carbocycles. The number of allylic oxidation sites excluding steroid dienone is 1. The van der Waals surface area contributed by atoms with Crippen LogP contribution in [0, 0.1) is 0 Å². The van der Waals surface area contributed by atoms with Gasteiger partial charge in [0, 0.05) is 11.7 Å². The first kappa shape index (κ1) is 11.6. The van der Waals surface area contributed by atoms with E-state index in [0.717, 1.165) is 0 Å². The fraction of sp³-hybridized carbons (Fsp3) is 0.700. The van der Waals surface area contributed by atoms with Gasteiger partial charge >= 0.3 is 0 Å². The van der Waals surface area contributed by atoms with Gasteiger partial charge in [-0.05, 0) is 31.1 Å². The summed E-state index contributed by atoms with van der Waals surface area (Å²) in [6.45, 7) is 0. The molecule has 0 saturated heterocycles. The quantitative estimate of drug-likeness (QED) is 0.676. The summed E-state index contributed by atoms with van der Waals surface area (Å²) in [4.78, 5) is 7.13. The number of aliphatic imine (C=N–C) groups is 1. The molecule has 15 heavy (non-hydrogen) atoms. The van der Waals surface area contributed by atoms with E-state index in [1.54, 1.807) is 11.8 Å². The van der Waals surface area contributed by atoms with Crippen LogP contribution < -0.4 is 0 Å². The second kappa shape index (κ2) is 4.56. The van der Waals surface area contributed by atoms with Crippen LogP contribution in [-0.4, -0.2) is 28.0 Å². The maximum atomic E-state index is 5.93. The van der Waals surface area contributed by atoms with E-state index in [-0.39, 0.29) is 12.4 Å². The minimum Gasteiger partial charge on any atom is -0.320 e. The summed E-state index contributed by atoms with van der Waals surface area (Å²) in [6, 6.07) is 1.27. The largest absolute Gasteiger partial charge is 0.320 e. The fourth-order valence-corrected chi connectivity index (χ4v) is 3.91. The molecular weight excluding hydrogens is 251 g/mol. The molecule has 1 fully saturated rings. The lowest BCUT2D eigenvalue weighted by Gasteiger charge is -2.40. The summed E-state index contributed by atoms with van der Waals surface area (Å²) in [7, 11) is 0. The second-order valence-electron chi connectivity index (χ2n) is 4.12. The van der Waals surface area contributed by atoms with Gasteiger partial charge in [0.2, 0.25) is 0 Å². The SMILES string of the molecule is Cl.ClCC1=CSC2=N[C@@H]3CCC[C@@H](C3)N12. The zero-order valence-electron chi connectivity index (χ0n) is 8.36. The van der Waals surface area contributed by atoms with Crippen LogP contribution in [0.5, 0.6) is 0 Å². The molecule has 3 aliphatic rings. The Morgan fingerprint density at radius 3 is 3.20 bits per heavy atom. The minimum atomic E-state index is 0. The molecule has 2 nitrogen and oxygen atoms in total. The normalized spacial score (nSPS) is 32.7. The Morgan fingerprint density at radius 1 is 1.53 bits per heavy atom. The molecule has 2 atom stereocenters. The van der Waals surface area contributed by atoms with Gasteiger partial charge in [-0.2, -0.15) is 0 Å². The maximum Gasteiger partial charge on any atom is 0.168 e. The number of alkyl halides is 1. The lowest BCUT2D eigenvalue weighted by atomic mass is 9.89. The van der Waals surface area contributed by atoms with Crippen LogP contribution in [0.15, 0.2) is 16.1 Å². The van der Waals surface area contributed by atoms with Crippen molar-refractivity contribution >= 4 is 40.9 Å². The highest BCUT2D eigenvalue weighted by atomic mass is 35.5. The van der Waals surface area contributed by atoms with E-state index in [2.05, 4.69) is 10.3 Å². The summed E-state index contributed by atoms with van der Waals surface area (Å²) in [6.07, 6.45) is 5.15. The van der Waals surface area contributed by atoms with Crippen molar-refractivity contribution in [2.24, 2.45) is 4.99 Å². The summed E-state index contributed by atoms with van der Waals surface area (Å²) in [5.41, 5.74) is 1.25. The van der Waals surface area contributed by atoms with Crippen LogP contribution in [-0.2, 0) is 0 Å². The number of nitrogens with zero attached hydrogens (tertiary/aromatic N) is 2. The number of amidine groups is 1. The van der Waals surface area contributed by atoms with Gasteiger partial charge in [0.1, 0.15) is 0 Å². The van der Waals surface area contributed by atoms with E-state index >= 15 is 0 Å². The molecule has 1 saturated carbocycles. The predicted octanol–water partition coefficient (Wildman–Crippen LogP) is 3.22. The molecule has 0 radical (unpaired) electrons. The molecule has 2 bridgehead atoms. The molecule has 0 amide bonds. The molecule has 0 aromatic heterocycles. The number of halogens is 2. The minimum absolute atomic E-state index is 0. The van der Waals surface area contributed by atoms with E-state index in [1.807, 2.05) is 0 Å². The van der Waals surface area contributed by atoms with Crippen LogP contribution in [0.4, 0.5) is 0 Å². The number of rotatable bonds is 1. The maximum absolute atomic E-state index is 5.93. The van der Waals surface area contributed by atoms with E-state index < -0.39 is 0 Å². The molecule has 0 unspecified atom stereocenters. The molecule has 0 aromatic carbocycles. The third-order valence-corrected chi connectivity index (χ3v) is 4.41. The Kier molecular flexibility index (Phi) is 3.53. The zero-order chi connectivity index (χ0) is 9.54. The Labute approximate surface area is 106 Å².